The molecule has 0 radical (unpaired) electrons. The first kappa shape index (κ1) is 15.4. The Hall–Kier alpha value is -3.04. The fraction of sp³-hybridized carbons (Fsp3) is 0. The Morgan fingerprint density at radius 1 is 1.23 bits per heavy atom. The van der Waals surface area contributed by atoms with E-state index < -0.39 is 16.7 Å². The van der Waals surface area contributed by atoms with Crippen molar-refractivity contribution in [1.82, 2.24) is 0 Å². The van der Waals surface area contributed by atoms with Gasteiger partial charge in [0.05, 0.1) is 15.5 Å². The average Bonchev–Trinajstić information content (AvgIpc) is 2.46. The molecule has 2 aromatic rings. The Labute approximate surface area is 130 Å². The Morgan fingerprint density at radius 3 is 2.50 bits per heavy atom. The highest BCUT2D eigenvalue weighted by Crippen LogP contribution is 2.30. The highest BCUT2D eigenvalue weighted by Gasteiger charge is 2.18. The molecule has 0 aliphatic rings. The van der Waals surface area contributed by atoms with E-state index in [4.69, 9.17) is 16.7 Å². The number of halogens is 1. The number of nitrogens with one attached hydrogen (secondary N) is 1. The van der Waals surface area contributed by atoms with Crippen molar-refractivity contribution in [3.05, 3.63) is 68.7 Å². The summed E-state index contributed by atoms with van der Waals surface area (Å²) in [5.41, 5.74) is 0.360. The number of amides is 1. The lowest BCUT2D eigenvalue weighted by atomic mass is 10.1. The molecule has 0 aliphatic heterocycles. The topological polar surface area (TPSA) is 92.5 Å². The number of nitro benzene ring substituents is 1. The van der Waals surface area contributed by atoms with Crippen molar-refractivity contribution in [1.29, 1.82) is 0 Å². The minimum atomic E-state index is -1.41. The van der Waals surface area contributed by atoms with Crippen LogP contribution in [-0.4, -0.2) is 16.1 Å². The van der Waals surface area contributed by atoms with Gasteiger partial charge in [0.25, 0.3) is 5.69 Å². The first-order valence-electron chi connectivity index (χ1n) is 6.02. The van der Waals surface area contributed by atoms with Gasteiger partial charge in [-0.05, 0) is 18.2 Å². The van der Waals surface area contributed by atoms with Gasteiger partial charge in [-0.2, -0.15) is 0 Å². The molecule has 0 spiro atoms. The first-order chi connectivity index (χ1) is 10.5. The smallest absolute Gasteiger partial charge is 0.409 e. The number of carboxylic acid groups (broad SMARTS) is 1. The number of benzene rings is 2. The van der Waals surface area contributed by atoms with Crippen molar-refractivity contribution in [2.45, 2.75) is 0 Å². The fourth-order valence-corrected chi connectivity index (χ4v) is 1.90. The molecule has 22 heavy (non-hydrogen) atoms. The van der Waals surface area contributed by atoms with E-state index in [0.29, 0.717) is 0 Å². The molecule has 0 heterocycles. The second-order valence-electron chi connectivity index (χ2n) is 4.15. The molecular formula is C15H9ClN2O4. The van der Waals surface area contributed by atoms with Crippen molar-refractivity contribution in [2.24, 2.45) is 0 Å². The van der Waals surface area contributed by atoms with Crippen LogP contribution >= 0.6 is 11.6 Å². The fourth-order valence-electron chi connectivity index (χ4n) is 1.68. The highest BCUT2D eigenvalue weighted by molar-refractivity contribution is 6.32. The molecule has 0 fully saturated rings. The van der Waals surface area contributed by atoms with Crippen LogP contribution in [0, 0.1) is 22.0 Å². The van der Waals surface area contributed by atoms with Gasteiger partial charge in [-0.25, -0.2) is 4.79 Å². The van der Waals surface area contributed by atoms with Crippen LogP contribution in [0.25, 0.3) is 0 Å². The molecule has 1 amide bonds. The Kier molecular flexibility index (Phi) is 4.61. The molecule has 2 rings (SSSR count). The van der Waals surface area contributed by atoms with Gasteiger partial charge < -0.3 is 5.11 Å². The van der Waals surface area contributed by atoms with Gasteiger partial charge in [-0.3, -0.25) is 15.4 Å². The van der Waals surface area contributed by atoms with Crippen molar-refractivity contribution in [2.75, 3.05) is 5.32 Å². The lowest BCUT2D eigenvalue weighted by Crippen LogP contribution is -2.09. The maximum Gasteiger partial charge on any atom is 0.409 e. The Bertz CT molecular complexity index is 794. The lowest BCUT2D eigenvalue weighted by molar-refractivity contribution is -0.383. The van der Waals surface area contributed by atoms with E-state index >= 15 is 0 Å². The highest BCUT2D eigenvalue weighted by atomic mass is 35.5. The molecule has 2 N–H and O–H groups in total. The van der Waals surface area contributed by atoms with Crippen LogP contribution in [0.1, 0.15) is 11.1 Å². The molecule has 0 bridgehead atoms. The van der Waals surface area contributed by atoms with Crippen LogP contribution in [0.4, 0.5) is 16.2 Å². The van der Waals surface area contributed by atoms with Crippen molar-refractivity contribution in [3.63, 3.8) is 0 Å². The summed E-state index contributed by atoms with van der Waals surface area (Å²) in [6.45, 7) is 0. The zero-order valence-electron chi connectivity index (χ0n) is 11.0. The van der Waals surface area contributed by atoms with Crippen LogP contribution in [0.3, 0.4) is 0 Å². The second-order valence-corrected chi connectivity index (χ2v) is 4.56. The van der Waals surface area contributed by atoms with Gasteiger partial charge in [-0.1, -0.05) is 41.6 Å². The van der Waals surface area contributed by atoms with Gasteiger partial charge in [0.1, 0.15) is 5.69 Å². The molecule has 0 saturated heterocycles. The van der Waals surface area contributed by atoms with Crippen LogP contribution in [-0.2, 0) is 0 Å². The van der Waals surface area contributed by atoms with E-state index in [2.05, 4.69) is 11.8 Å². The van der Waals surface area contributed by atoms with Crippen molar-refractivity contribution >= 4 is 29.1 Å². The third-order valence-corrected chi connectivity index (χ3v) is 2.95. The van der Waals surface area contributed by atoms with Crippen molar-refractivity contribution in [3.8, 4) is 11.8 Å². The van der Waals surface area contributed by atoms with E-state index in [9.17, 15) is 14.9 Å². The predicted octanol–water partition coefficient (Wildman–Crippen LogP) is 3.74. The zero-order chi connectivity index (χ0) is 16.1. The van der Waals surface area contributed by atoms with Gasteiger partial charge in [0.2, 0.25) is 0 Å². The molecule has 0 saturated carbocycles. The summed E-state index contributed by atoms with van der Waals surface area (Å²) < 4.78 is 0. The third-order valence-electron chi connectivity index (χ3n) is 2.64. The maximum absolute atomic E-state index is 11.0. The number of nitrogens with zero attached hydrogens (tertiary/aromatic N) is 1. The van der Waals surface area contributed by atoms with E-state index in [1.165, 1.54) is 6.07 Å². The summed E-state index contributed by atoms with van der Waals surface area (Å²) in [5, 5.41) is 21.8. The summed E-state index contributed by atoms with van der Waals surface area (Å²) in [4.78, 5) is 21.0. The normalized spacial score (nSPS) is 9.50. The molecule has 0 unspecified atom stereocenters. The van der Waals surface area contributed by atoms with Crippen LogP contribution < -0.4 is 5.32 Å². The maximum atomic E-state index is 11.0. The minimum absolute atomic E-state index is 0.123. The molecule has 6 nitrogen and oxygen atoms in total. The summed E-state index contributed by atoms with van der Waals surface area (Å²) in [5.74, 6) is 5.58. The van der Waals surface area contributed by atoms with Gasteiger partial charge in [-0.15, -0.1) is 0 Å². The van der Waals surface area contributed by atoms with E-state index in [-0.39, 0.29) is 16.3 Å². The number of hydrogen-bond acceptors (Lipinski definition) is 3. The number of carbonyl (C=O) groups is 1. The average molecular weight is 317 g/mol. The first-order valence-corrected chi connectivity index (χ1v) is 6.40. The van der Waals surface area contributed by atoms with E-state index in [1.54, 1.807) is 12.1 Å². The number of nitro groups is 1. The SMILES string of the molecule is O=C(O)Nc1cc(Cl)c(C#Cc2ccccc2)cc1[N+](=O)[O-]. The summed E-state index contributed by atoms with van der Waals surface area (Å²) in [6.07, 6.45) is -1.41. The monoisotopic (exact) mass is 316 g/mol. The minimum Gasteiger partial charge on any atom is -0.465 e. The largest absolute Gasteiger partial charge is 0.465 e. The number of rotatable bonds is 2. The summed E-state index contributed by atoms with van der Waals surface area (Å²) in [7, 11) is 0. The Morgan fingerprint density at radius 2 is 1.91 bits per heavy atom. The molecular weight excluding hydrogens is 308 g/mol. The van der Waals surface area contributed by atoms with Crippen molar-refractivity contribution < 1.29 is 14.8 Å². The van der Waals surface area contributed by atoms with Gasteiger partial charge >= 0.3 is 6.09 Å². The molecule has 0 atom stereocenters. The van der Waals surface area contributed by atoms with E-state index in [1.807, 2.05) is 23.5 Å². The predicted molar refractivity (Wildman–Crippen MR) is 82.2 cm³/mol. The molecule has 2 aromatic carbocycles. The molecule has 110 valence electrons. The van der Waals surface area contributed by atoms with Crippen LogP contribution in [0.5, 0.6) is 0 Å². The molecule has 0 aromatic heterocycles. The van der Waals surface area contributed by atoms with Crippen LogP contribution in [0.15, 0.2) is 42.5 Å². The van der Waals surface area contributed by atoms with Gasteiger partial charge in [0.15, 0.2) is 0 Å². The second kappa shape index (κ2) is 6.61. The number of anilines is 1. The summed E-state index contributed by atoms with van der Waals surface area (Å²) in [6, 6.07) is 11.4. The number of hydrogen-bond donors (Lipinski definition) is 2. The summed E-state index contributed by atoms with van der Waals surface area (Å²) >= 11 is 6.00. The standard InChI is InChI=1S/C15H9ClN2O4/c16-12-9-13(17-15(19)20)14(18(21)22)8-11(12)7-6-10-4-2-1-3-5-10/h1-5,8-9,17H,(H,19,20). The van der Waals surface area contributed by atoms with Gasteiger partial charge in [0, 0.05) is 11.6 Å². The quantitative estimate of drug-likeness (QED) is 0.501. The lowest BCUT2D eigenvalue weighted by Gasteiger charge is -2.04. The zero-order valence-corrected chi connectivity index (χ0v) is 11.8. The van der Waals surface area contributed by atoms with E-state index in [0.717, 1.165) is 11.6 Å². The Balaban J connectivity index is 2.46. The molecule has 7 heteroatoms. The van der Waals surface area contributed by atoms with Crippen LogP contribution in [0.2, 0.25) is 5.02 Å². The third kappa shape index (κ3) is 3.75. The molecule has 0 aliphatic carbocycles.